The van der Waals surface area contributed by atoms with Crippen LogP contribution in [0.25, 0.3) is 10.6 Å². The van der Waals surface area contributed by atoms with Gasteiger partial charge in [0, 0.05) is 17.1 Å². The molecule has 9 heteroatoms. The molecule has 1 atom stereocenters. The van der Waals surface area contributed by atoms with Crippen molar-refractivity contribution in [3.05, 3.63) is 70.9 Å². The van der Waals surface area contributed by atoms with Gasteiger partial charge in [0.15, 0.2) is 0 Å². The molecular formula is C24H24ClN3O4S. The number of hydrogen-bond donors (Lipinski definition) is 0. The number of aromatic nitrogens is 1. The largest absolute Gasteiger partial charge is 0.452 e. The molecule has 1 fully saturated rings. The van der Waals surface area contributed by atoms with Crippen molar-refractivity contribution in [1.29, 1.82) is 0 Å². The average molecular weight is 486 g/mol. The number of anilines is 1. The van der Waals surface area contributed by atoms with Crippen molar-refractivity contribution < 1.29 is 19.2 Å². The fourth-order valence-corrected chi connectivity index (χ4v) is 5.04. The van der Waals surface area contributed by atoms with Gasteiger partial charge in [-0.2, -0.15) is 0 Å². The number of aryl methyl sites for hydroxylation is 1. The number of carbonyl (C=O) groups excluding carboxylic acids is 2. The quantitative estimate of drug-likeness (QED) is 0.469. The van der Waals surface area contributed by atoms with E-state index in [0.29, 0.717) is 28.7 Å². The van der Waals surface area contributed by atoms with Crippen LogP contribution in [0.4, 0.5) is 9.80 Å². The number of carbonyl (C=O) groups is 2. The first kappa shape index (κ1) is 23.2. The van der Waals surface area contributed by atoms with Crippen LogP contribution in [0, 0.1) is 6.92 Å². The number of benzene rings is 2. The van der Waals surface area contributed by atoms with Crippen LogP contribution in [0.5, 0.6) is 0 Å². The van der Waals surface area contributed by atoms with Gasteiger partial charge in [0.05, 0.1) is 31.0 Å². The van der Waals surface area contributed by atoms with E-state index >= 15 is 0 Å². The SMILES string of the molecule is COC(=O)N(c1sc(-c2ccc(Cl)cc2)nc1C)C1CCCN(OC(=O)c2ccccc2)C1. The third-order valence-electron chi connectivity index (χ3n) is 5.40. The summed E-state index contributed by atoms with van der Waals surface area (Å²) in [5, 5.41) is 3.77. The lowest BCUT2D eigenvalue weighted by Gasteiger charge is -2.36. The molecule has 4 rings (SSSR count). The number of hydroxylamine groups is 2. The topological polar surface area (TPSA) is 72.0 Å². The summed E-state index contributed by atoms with van der Waals surface area (Å²) in [7, 11) is 1.36. The molecule has 1 aliphatic heterocycles. The highest BCUT2D eigenvalue weighted by Gasteiger charge is 2.34. The fraction of sp³-hybridized carbons (Fsp3) is 0.292. The maximum atomic E-state index is 12.8. The Morgan fingerprint density at radius 3 is 2.58 bits per heavy atom. The number of methoxy groups -OCH3 is 1. The van der Waals surface area contributed by atoms with Gasteiger partial charge in [0.1, 0.15) is 10.0 Å². The Labute approximate surface area is 201 Å². The van der Waals surface area contributed by atoms with Crippen LogP contribution >= 0.6 is 22.9 Å². The fourth-order valence-electron chi connectivity index (χ4n) is 3.78. The van der Waals surface area contributed by atoms with E-state index in [9.17, 15) is 9.59 Å². The second-order valence-corrected chi connectivity index (χ2v) is 9.10. The predicted molar refractivity (Wildman–Crippen MR) is 129 cm³/mol. The zero-order chi connectivity index (χ0) is 23.4. The summed E-state index contributed by atoms with van der Waals surface area (Å²) in [5.74, 6) is -0.417. The van der Waals surface area contributed by atoms with Crippen LogP contribution in [0.2, 0.25) is 5.02 Å². The Kier molecular flexibility index (Phi) is 7.27. The highest BCUT2D eigenvalue weighted by atomic mass is 35.5. The molecule has 1 unspecified atom stereocenters. The van der Waals surface area contributed by atoms with Crippen molar-refractivity contribution in [3.8, 4) is 10.6 Å². The number of nitrogens with zero attached hydrogens (tertiary/aromatic N) is 3. The average Bonchev–Trinajstić information content (AvgIpc) is 3.21. The van der Waals surface area contributed by atoms with Gasteiger partial charge in [0.2, 0.25) is 0 Å². The predicted octanol–water partition coefficient (Wildman–Crippen LogP) is 5.58. The van der Waals surface area contributed by atoms with E-state index in [0.717, 1.165) is 29.1 Å². The molecule has 2 aromatic carbocycles. The standard InChI is InChI=1S/C24H24ClN3O4S/c1-16-22(33-21(26-16)17-10-12-19(25)13-11-17)28(24(30)31-2)20-9-6-14-27(15-20)32-23(29)18-7-4-3-5-8-18/h3-5,7-8,10-13,20H,6,9,14-15H2,1-2H3. The van der Waals surface area contributed by atoms with E-state index in [1.54, 1.807) is 34.2 Å². The molecule has 0 spiro atoms. The van der Waals surface area contributed by atoms with Gasteiger partial charge < -0.3 is 9.57 Å². The van der Waals surface area contributed by atoms with E-state index in [1.807, 2.05) is 37.3 Å². The number of ether oxygens (including phenoxy) is 1. The van der Waals surface area contributed by atoms with Crippen molar-refractivity contribution in [2.75, 3.05) is 25.1 Å². The monoisotopic (exact) mass is 485 g/mol. The van der Waals surface area contributed by atoms with Crippen LogP contribution in [-0.4, -0.2) is 48.4 Å². The van der Waals surface area contributed by atoms with Gasteiger partial charge in [-0.1, -0.05) is 53.3 Å². The molecule has 3 aromatic rings. The molecule has 0 bridgehead atoms. The number of rotatable bonds is 5. The van der Waals surface area contributed by atoms with Gasteiger partial charge in [0.25, 0.3) is 0 Å². The first-order chi connectivity index (χ1) is 16.0. The Balaban J connectivity index is 1.55. The number of piperidine rings is 1. The van der Waals surface area contributed by atoms with Crippen molar-refractivity contribution in [2.24, 2.45) is 0 Å². The minimum Gasteiger partial charge on any atom is -0.452 e. The summed E-state index contributed by atoms with van der Waals surface area (Å²) >= 11 is 7.43. The maximum absolute atomic E-state index is 12.8. The molecule has 1 aromatic heterocycles. The Bertz CT molecular complexity index is 1120. The molecule has 1 amide bonds. The van der Waals surface area contributed by atoms with E-state index in [-0.39, 0.29) is 6.04 Å². The zero-order valence-corrected chi connectivity index (χ0v) is 19.9. The Morgan fingerprint density at radius 2 is 1.88 bits per heavy atom. The van der Waals surface area contributed by atoms with Crippen LogP contribution in [-0.2, 0) is 9.57 Å². The highest BCUT2D eigenvalue weighted by molar-refractivity contribution is 7.19. The van der Waals surface area contributed by atoms with E-state index in [4.69, 9.17) is 21.2 Å². The molecule has 1 saturated heterocycles. The van der Waals surface area contributed by atoms with Crippen LogP contribution in [0.3, 0.4) is 0 Å². The summed E-state index contributed by atoms with van der Waals surface area (Å²) in [5.41, 5.74) is 2.13. The van der Waals surface area contributed by atoms with E-state index in [2.05, 4.69) is 4.98 Å². The summed E-state index contributed by atoms with van der Waals surface area (Å²) in [4.78, 5) is 37.3. The smallest absolute Gasteiger partial charge is 0.415 e. The molecule has 1 aliphatic rings. The summed E-state index contributed by atoms with van der Waals surface area (Å²) in [6.07, 6.45) is 1.05. The lowest BCUT2D eigenvalue weighted by molar-refractivity contribution is -0.122. The third-order valence-corrected chi connectivity index (χ3v) is 6.86. The third kappa shape index (κ3) is 5.35. The Morgan fingerprint density at radius 1 is 1.15 bits per heavy atom. The molecule has 2 heterocycles. The normalized spacial score (nSPS) is 16.3. The molecule has 0 aliphatic carbocycles. The van der Waals surface area contributed by atoms with Gasteiger partial charge in [-0.15, -0.1) is 5.06 Å². The van der Waals surface area contributed by atoms with Gasteiger partial charge in [-0.05, 0) is 44.0 Å². The molecule has 172 valence electrons. The van der Waals surface area contributed by atoms with Crippen LogP contribution in [0.15, 0.2) is 54.6 Å². The number of halogens is 1. The van der Waals surface area contributed by atoms with E-state index in [1.165, 1.54) is 18.4 Å². The van der Waals surface area contributed by atoms with E-state index < -0.39 is 12.1 Å². The minimum absolute atomic E-state index is 0.230. The van der Waals surface area contributed by atoms with Crippen LogP contribution in [0.1, 0.15) is 28.9 Å². The lowest BCUT2D eigenvalue weighted by Crippen LogP contribution is -2.50. The molecule has 0 saturated carbocycles. The molecular weight excluding hydrogens is 462 g/mol. The second-order valence-electron chi connectivity index (χ2n) is 7.69. The molecule has 0 radical (unpaired) electrons. The first-order valence-electron chi connectivity index (χ1n) is 10.6. The van der Waals surface area contributed by atoms with Crippen molar-refractivity contribution in [2.45, 2.75) is 25.8 Å². The van der Waals surface area contributed by atoms with Crippen LogP contribution < -0.4 is 4.90 Å². The van der Waals surface area contributed by atoms with Gasteiger partial charge in [-0.3, -0.25) is 4.90 Å². The number of amides is 1. The van der Waals surface area contributed by atoms with Crippen molar-refractivity contribution >= 4 is 40.0 Å². The second kappa shape index (κ2) is 10.3. The van der Waals surface area contributed by atoms with Gasteiger partial charge in [-0.25, -0.2) is 14.6 Å². The zero-order valence-electron chi connectivity index (χ0n) is 18.4. The summed E-state index contributed by atoms with van der Waals surface area (Å²) < 4.78 is 5.11. The Hall–Kier alpha value is -2.94. The summed E-state index contributed by atoms with van der Waals surface area (Å²) in [6, 6.07) is 16.0. The molecule has 33 heavy (non-hydrogen) atoms. The molecule has 0 N–H and O–H groups in total. The first-order valence-corrected chi connectivity index (χ1v) is 11.8. The molecule has 7 nitrogen and oxygen atoms in total. The number of hydrogen-bond acceptors (Lipinski definition) is 7. The summed E-state index contributed by atoms with van der Waals surface area (Å²) in [6.45, 7) is 2.85. The van der Waals surface area contributed by atoms with Crippen molar-refractivity contribution in [3.63, 3.8) is 0 Å². The maximum Gasteiger partial charge on any atom is 0.415 e. The lowest BCUT2D eigenvalue weighted by atomic mass is 10.1. The van der Waals surface area contributed by atoms with Gasteiger partial charge >= 0.3 is 12.1 Å². The highest BCUT2D eigenvalue weighted by Crippen LogP contribution is 2.37. The number of thiazole rings is 1. The minimum atomic E-state index is -0.467. The van der Waals surface area contributed by atoms with Crippen molar-refractivity contribution in [1.82, 2.24) is 10.0 Å².